The molecular weight excluding hydrogens is 288 g/mol. The Balaban J connectivity index is 2.07. The molecule has 21 heavy (non-hydrogen) atoms. The predicted octanol–water partition coefficient (Wildman–Crippen LogP) is 4.18. The summed E-state index contributed by atoms with van der Waals surface area (Å²) in [5.74, 6) is 2.92. The summed E-state index contributed by atoms with van der Waals surface area (Å²) >= 11 is 6.08. The summed E-state index contributed by atoms with van der Waals surface area (Å²) in [5.41, 5.74) is 1.88. The van der Waals surface area contributed by atoms with E-state index in [-0.39, 0.29) is 6.04 Å². The molecule has 1 aromatic carbocycles. The van der Waals surface area contributed by atoms with Gasteiger partial charge in [-0.15, -0.1) is 11.6 Å². The quantitative estimate of drug-likeness (QED) is 0.664. The van der Waals surface area contributed by atoms with Crippen molar-refractivity contribution in [2.45, 2.75) is 25.3 Å². The molecule has 0 saturated carbocycles. The number of para-hydroxylation sites is 1. The van der Waals surface area contributed by atoms with Gasteiger partial charge in [0.1, 0.15) is 22.9 Å². The summed E-state index contributed by atoms with van der Waals surface area (Å²) in [5, 5.41) is 0. The van der Waals surface area contributed by atoms with Crippen molar-refractivity contribution in [1.82, 2.24) is 9.55 Å². The zero-order valence-electron chi connectivity index (χ0n) is 12.0. The van der Waals surface area contributed by atoms with E-state index in [0.29, 0.717) is 5.88 Å². The molecule has 0 saturated heterocycles. The molecule has 0 radical (unpaired) electrons. The number of imidazole rings is 1. The van der Waals surface area contributed by atoms with E-state index < -0.39 is 0 Å². The van der Waals surface area contributed by atoms with Crippen molar-refractivity contribution in [3.63, 3.8) is 0 Å². The molecule has 0 aliphatic rings. The number of alkyl halides is 1. The van der Waals surface area contributed by atoms with E-state index in [1.165, 1.54) is 0 Å². The fourth-order valence-corrected chi connectivity index (χ4v) is 2.89. The van der Waals surface area contributed by atoms with E-state index in [1.54, 1.807) is 13.4 Å². The van der Waals surface area contributed by atoms with Crippen LogP contribution in [0.4, 0.5) is 0 Å². The number of furan rings is 1. The number of methoxy groups -OCH3 is 1. The fourth-order valence-electron chi connectivity index (χ4n) is 2.70. The number of rotatable bonds is 5. The second-order valence-corrected chi connectivity index (χ2v) is 5.26. The van der Waals surface area contributed by atoms with Crippen LogP contribution in [-0.4, -0.2) is 16.7 Å². The Bertz CT molecular complexity index is 734. The van der Waals surface area contributed by atoms with Crippen molar-refractivity contribution in [2.75, 3.05) is 7.11 Å². The van der Waals surface area contributed by atoms with E-state index in [4.69, 9.17) is 20.8 Å². The molecular formula is C16H17ClN2O2. The van der Waals surface area contributed by atoms with Crippen LogP contribution in [-0.2, 0) is 12.3 Å². The number of aromatic nitrogens is 2. The van der Waals surface area contributed by atoms with Gasteiger partial charge in [0, 0.05) is 12.5 Å². The lowest BCUT2D eigenvalue weighted by Gasteiger charge is -2.16. The van der Waals surface area contributed by atoms with Crippen LogP contribution >= 0.6 is 11.6 Å². The average Bonchev–Trinajstić information content (AvgIpc) is 3.12. The SMILES string of the molecule is COc1cccc2c1nc(CCl)n2C(C)Cc1ccco1. The molecule has 2 aromatic heterocycles. The first kappa shape index (κ1) is 14.0. The van der Waals surface area contributed by atoms with Crippen LogP contribution < -0.4 is 4.74 Å². The van der Waals surface area contributed by atoms with Gasteiger partial charge < -0.3 is 13.7 Å². The normalized spacial score (nSPS) is 12.7. The third-order valence-electron chi connectivity index (χ3n) is 3.61. The minimum absolute atomic E-state index is 0.196. The van der Waals surface area contributed by atoms with Gasteiger partial charge in [-0.05, 0) is 31.2 Å². The number of nitrogens with zero attached hydrogens (tertiary/aromatic N) is 2. The van der Waals surface area contributed by atoms with Crippen LogP contribution in [0, 0.1) is 0 Å². The lowest BCUT2D eigenvalue weighted by atomic mass is 10.2. The Labute approximate surface area is 128 Å². The van der Waals surface area contributed by atoms with Crippen molar-refractivity contribution < 1.29 is 9.15 Å². The van der Waals surface area contributed by atoms with Gasteiger partial charge in [0.15, 0.2) is 0 Å². The third kappa shape index (κ3) is 2.51. The highest BCUT2D eigenvalue weighted by Gasteiger charge is 2.18. The standard InChI is InChI=1S/C16H17ClN2O2/c1-11(9-12-5-4-8-21-12)19-13-6-3-7-14(20-2)16(13)18-15(19)10-17/h3-8,11H,9-10H2,1-2H3. The van der Waals surface area contributed by atoms with Crippen LogP contribution in [0.5, 0.6) is 5.75 Å². The van der Waals surface area contributed by atoms with E-state index in [1.807, 2.05) is 30.3 Å². The molecule has 3 aromatic rings. The number of ether oxygens (including phenoxy) is 1. The topological polar surface area (TPSA) is 40.2 Å². The summed E-state index contributed by atoms with van der Waals surface area (Å²) in [6.07, 6.45) is 2.49. The minimum atomic E-state index is 0.196. The number of hydrogen-bond donors (Lipinski definition) is 0. The highest BCUT2D eigenvalue weighted by atomic mass is 35.5. The summed E-state index contributed by atoms with van der Waals surface area (Å²) in [4.78, 5) is 4.63. The Morgan fingerprint density at radius 3 is 2.86 bits per heavy atom. The van der Waals surface area contributed by atoms with E-state index >= 15 is 0 Å². The summed E-state index contributed by atoms with van der Waals surface area (Å²) in [6, 6.07) is 10.0. The Morgan fingerprint density at radius 2 is 2.19 bits per heavy atom. The van der Waals surface area contributed by atoms with Gasteiger partial charge in [-0.2, -0.15) is 0 Å². The van der Waals surface area contributed by atoms with Crippen LogP contribution in [0.3, 0.4) is 0 Å². The molecule has 1 atom stereocenters. The summed E-state index contributed by atoms with van der Waals surface area (Å²) in [7, 11) is 1.65. The van der Waals surface area contributed by atoms with Crippen molar-refractivity contribution >= 4 is 22.6 Å². The summed E-state index contributed by atoms with van der Waals surface area (Å²) in [6.45, 7) is 2.14. The first-order valence-corrected chi connectivity index (χ1v) is 7.40. The van der Waals surface area contributed by atoms with E-state index in [9.17, 15) is 0 Å². The molecule has 0 spiro atoms. The van der Waals surface area contributed by atoms with Gasteiger partial charge >= 0.3 is 0 Å². The van der Waals surface area contributed by atoms with E-state index in [0.717, 1.165) is 34.8 Å². The van der Waals surface area contributed by atoms with Crippen molar-refractivity contribution in [1.29, 1.82) is 0 Å². The third-order valence-corrected chi connectivity index (χ3v) is 3.85. The van der Waals surface area contributed by atoms with Gasteiger partial charge in [-0.3, -0.25) is 0 Å². The monoisotopic (exact) mass is 304 g/mol. The maximum Gasteiger partial charge on any atom is 0.146 e. The first-order chi connectivity index (χ1) is 10.2. The fraction of sp³-hybridized carbons (Fsp3) is 0.312. The van der Waals surface area contributed by atoms with Gasteiger partial charge in [0.25, 0.3) is 0 Å². The lowest BCUT2D eigenvalue weighted by molar-refractivity contribution is 0.419. The number of fused-ring (bicyclic) bond motifs is 1. The summed E-state index contributed by atoms with van der Waals surface area (Å²) < 4.78 is 13.0. The Morgan fingerprint density at radius 1 is 1.33 bits per heavy atom. The molecule has 1 unspecified atom stereocenters. The van der Waals surface area contributed by atoms with Crippen molar-refractivity contribution in [3.8, 4) is 5.75 Å². The van der Waals surface area contributed by atoms with Crippen LogP contribution in [0.15, 0.2) is 41.0 Å². The second kappa shape index (κ2) is 5.82. The van der Waals surface area contributed by atoms with Crippen molar-refractivity contribution in [3.05, 3.63) is 48.2 Å². The highest BCUT2D eigenvalue weighted by molar-refractivity contribution is 6.16. The molecule has 0 aliphatic carbocycles. The maximum atomic E-state index is 6.08. The van der Waals surface area contributed by atoms with E-state index in [2.05, 4.69) is 16.5 Å². The first-order valence-electron chi connectivity index (χ1n) is 6.86. The number of benzene rings is 1. The molecule has 2 heterocycles. The van der Waals surface area contributed by atoms with Crippen molar-refractivity contribution in [2.24, 2.45) is 0 Å². The highest BCUT2D eigenvalue weighted by Crippen LogP contribution is 2.30. The molecule has 0 amide bonds. The Hall–Kier alpha value is -1.94. The van der Waals surface area contributed by atoms with Gasteiger partial charge in [0.2, 0.25) is 0 Å². The smallest absolute Gasteiger partial charge is 0.146 e. The molecule has 110 valence electrons. The zero-order valence-corrected chi connectivity index (χ0v) is 12.8. The Kier molecular flexibility index (Phi) is 3.88. The largest absolute Gasteiger partial charge is 0.494 e. The number of halogens is 1. The van der Waals surface area contributed by atoms with Gasteiger partial charge in [0.05, 0.1) is 24.8 Å². The molecule has 0 fully saturated rings. The molecule has 0 aliphatic heterocycles. The molecule has 4 nitrogen and oxygen atoms in total. The minimum Gasteiger partial charge on any atom is -0.494 e. The van der Waals surface area contributed by atoms with Crippen LogP contribution in [0.2, 0.25) is 0 Å². The second-order valence-electron chi connectivity index (χ2n) is 4.99. The molecule has 0 N–H and O–H groups in total. The van der Waals surface area contributed by atoms with Gasteiger partial charge in [-0.1, -0.05) is 6.07 Å². The van der Waals surface area contributed by atoms with Crippen LogP contribution in [0.1, 0.15) is 24.6 Å². The molecule has 5 heteroatoms. The maximum absolute atomic E-state index is 6.08. The number of hydrogen-bond acceptors (Lipinski definition) is 3. The van der Waals surface area contributed by atoms with Crippen LogP contribution in [0.25, 0.3) is 11.0 Å². The molecule has 0 bridgehead atoms. The zero-order chi connectivity index (χ0) is 14.8. The molecule has 3 rings (SSSR count). The van der Waals surface area contributed by atoms with Gasteiger partial charge in [-0.25, -0.2) is 4.98 Å². The average molecular weight is 305 g/mol. The lowest BCUT2D eigenvalue weighted by Crippen LogP contribution is -2.10. The predicted molar refractivity (Wildman–Crippen MR) is 83.0 cm³/mol.